The van der Waals surface area contributed by atoms with Crippen LogP contribution in [0.15, 0.2) is 48.8 Å². The molecule has 1 amide bonds. The Kier molecular flexibility index (Phi) is 7.75. The minimum absolute atomic E-state index is 0. The minimum atomic E-state index is -0.837. The van der Waals surface area contributed by atoms with Gasteiger partial charge in [0, 0.05) is 32.9 Å². The molecular weight excluding hydrogens is 360 g/mol. The van der Waals surface area contributed by atoms with Gasteiger partial charge in [0.25, 0.3) is 0 Å². The van der Waals surface area contributed by atoms with E-state index in [9.17, 15) is 4.79 Å². The van der Waals surface area contributed by atoms with Crippen LogP contribution in [0.2, 0.25) is 0 Å². The summed E-state index contributed by atoms with van der Waals surface area (Å²) in [6.07, 6.45) is 8.13. The van der Waals surface area contributed by atoms with Gasteiger partial charge in [-0.25, -0.2) is 0 Å². The monoisotopic (exact) mass is 388 g/mol. The number of amides is 1. The lowest BCUT2D eigenvalue weighted by Gasteiger charge is -2.35. The SMILES string of the molecule is CN(C)C(=O)C(CC[NH+]1CCCCC1)(c1ccccn1)c1ccccn1.[Cl-]. The molecule has 27 heavy (non-hydrogen) atoms. The fourth-order valence-electron chi connectivity index (χ4n) is 3.99. The first kappa shape index (κ1) is 21.3. The predicted octanol–water partition coefficient (Wildman–Crippen LogP) is -1.69. The molecule has 6 heteroatoms. The van der Waals surface area contributed by atoms with Crippen molar-refractivity contribution in [3.63, 3.8) is 0 Å². The van der Waals surface area contributed by atoms with Crippen molar-refractivity contribution in [3.8, 4) is 0 Å². The summed E-state index contributed by atoms with van der Waals surface area (Å²) in [5.74, 6) is 0.0475. The normalized spacial score (nSPS) is 15.0. The molecule has 2 aromatic heterocycles. The smallest absolute Gasteiger partial charge is 0.240 e. The van der Waals surface area contributed by atoms with E-state index in [1.807, 2.05) is 50.5 Å². The van der Waals surface area contributed by atoms with Gasteiger partial charge in [-0.1, -0.05) is 12.1 Å². The van der Waals surface area contributed by atoms with Crippen LogP contribution in [0.4, 0.5) is 0 Å². The van der Waals surface area contributed by atoms with Crippen molar-refractivity contribution in [2.45, 2.75) is 31.1 Å². The zero-order chi connectivity index (χ0) is 18.4. The number of likely N-dealkylation sites (tertiary alicyclic amines) is 1. The Morgan fingerprint density at radius 3 is 2.00 bits per heavy atom. The van der Waals surface area contributed by atoms with E-state index in [0.717, 1.165) is 17.9 Å². The summed E-state index contributed by atoms with van der Waals surface area (Å²) in [6.45, 7) is 3.33. The molecule has 0 aromatic carbocycles. The van der Waals surface area contributed by atoms with Crippen molar-refractivity contribution in [1.29, 1.82) is 0 Å². The topological polar surface area (TPSA) is 50.5 Å². The van der Waals surface area contributed by atoms with Crippen LogP contribution in [-0.2, 0) is 10.2 Å². The van der Waals surface area contributed by atoms with Gasteiger partial charge in [0.1, 0.15) is 5.41 Å². The lowest BCUT2D eigenvalue weighted by atomic mass is 9.75. The summed E-state index contributed by atoms with van der Waals surface area (Å²) < 4.78 is 0. The lowest BCUT2D eigenvalue weighted by Crippen LogP contribution is -3.13. The Morgan fingerprint density at radius 2 is 1.56 bits per heavy atom. The maximum atomic E-state index is 13.5. The van der Waals surface area contributed by atoms with Crippen molar-refractivity contribution < 1.29 is 22.1 Å². The summed E-state index contributed by atoms with van der Waals surface area (Å²) in [6, 6.07) is 11.6. The molecule has 1 saturated heterocycles. The second-order valence-electron chi connectivity index (χ2n) is 7.35. The van der Waals surface area contributed by atoms with Crippen LogP contribution in [0.25, 0.3) is 0 Å². The van der Waals surface area contributed by atoms with E-state index in [1.54, 1.807) is 22.2 Å². The maximum absolute atomic E-state index is 13.5. The third-order valence-electron chi connectivity index (χ3n) is 5.39. The van der Waals surface area contributed by atoms with E-state index in [0.29, 0.717) is 6.42 Å². The lowest BCUT2D eigenvalue weighted by molar-refractivity contribution is -0.905. The number of aromatic nitrogens is 2. The molecule has 0 aliphatic carbocycles. The number of hydrogen-bond acceptors (Lipinski definition) is 3. The van der Waals surface area contributed by atoms with Crippen molar-refractivity contribution in [2.75, 3.05) is 33.7 Å². The number of quaternary nitrogens is 1. The fourth-order valence-corrected chi connectivity index (χ4v) is 3.99. The maximum Gasteiger partial charge on any atom is 0.240 e. The molecule has 0 unspecified atom stereocenters. The number of pyridine rings is 2. The third-order valence-corrected chi connectivity index (χ3v) is 5.39. The Labute approximate surface area is 168 Å². The largest absolute Gasteiger partial charge is 1.00 e. The zero-order valence-corrected chi connectivity index (χ0v) is 17.0. The molecule has 1 N–H and O–H groups in total. The molecule has 5 nitrogen and oxygen atoms in total. The molecule has 1 aliphatic heterocycles. The van der Waals surface area contributed by atoms with Gasteiger partial charge in [-0.3, -0.25) is 14.8 Å². The third kappa shape index (κ3) is 4.66. The molecule has 146 valence electrons. The van der Waals surface area contributed by atoms with Gasteiger partial charge < -0.3 is 22.2 Å². The van der Waals surface area contributed by atoms with E-state index in [2.05, 4.69) is 9.97 Å². The standard InChI is InChI=1S/C21H28N4O.ClH/c1-24(2)20(26)21(18-10-4-6-13-22-18,19-11-5-7-14-23-19)12-17-25-15-8-3-9-16-25;/h4-7,10-11,13-14H,3,8-9,12,15-17H2,1-2H3;1H. The highest BCUT2D eigenvalue weighted by Crippen LogP contribution is 2.34. The van der Waals surface area contributed by atoms with Crippen molar-refractivity contribution in [3.05, 3.63) is 60.2 Å². The Bertz CT molecular complexity index is 663. The second kappa shape index (κ2) is 9.81. The number of rotatable bonds is 6. The van der Waals surface area contributed by atoms with Crippen LogP contribution in [0, 0.1) is 0 Å². The minimum Gasteiger partial charge on any atom is -1.00 e. The number of carbonyl (C=O) groups is 1. The Hall–Kier alpha value is -1.98. The number of halogens is 1. The molecule has 2 aromatic rings. The molecule has 3 heterocycles. The number of nitrogens with one attached hydrogen (secondary N) is 1. The molecule has 0 radical (unpaired) electrons. The Balaban J connectivity index is 0.00000261. The second-order valence-corrected chi connectivity index (χ2v) is 7.35. The summed E-state index contributed by atoms with van der Waals surface area (Å²) in [5.41, 5.74) is 0.735. The first-order chi connectivity index (χ1) is 12.6. The quantitative estimate of drug-likeness (QED) is 0.642. The van der Waals surface area contributed by atoms with Gasteiger partial charge >= 0.3 is 0 Å². The average molecular weight is 389 g/mol. The van der Waals surface area contributed by atoms with Gasteiger partial charge in [0.15, 0.2) is 0 Å². The van der Waals surface area contributed by atoms with Crippen molar-refractivity contribution in [1.82, 2.24) is 14.9 Å². The highest BCUT2D eigenvalue weighted by Gasteiger charge is 2.46. The van der Waals surface area contributed by atoms with Gasteiger partial charge in [0.2, 0.25) is 5.91 Å². The highest BCUT2D eigenvalue weighted by atomic mass is 35.5. The summed E-state index contributed by atoms with van der Waals surface area (Å²) in [7, 11) is 3.63. The van der Waals surface area contributed by atoms with Crippen LogP contribution in [0.5, 0.6) is 0 Å². The Morgan fingerprint density at radius 1 is 1.00 bits per heavy atom. The predicted molar refractivity (Wildman–Crippen MR) is 102 cm³/mol. The van der Waals surface area contributed by atoms with Gasteiger partial charge in [-0.05, 0) is 43.5 Å². The van der Waals surface area contributed by atoms with Crippen molar-refractivity contribution >= 4 is 5.91 Å². The number of hydrogen-bond donors (Lipinski definition) is 1. The first-order valence-electron chi connectivity index (χ1n) is 9.53. The van der Waals surface area contributed by atoms with E-state index in [4.69, 9.17) is 0 Å². The molecule has 3 rings (SSSR count). The summed E-state index contributed by atoms with van der Waals surface area (Å²) in [5, 5.41) is 0. The van der Waals surface area contributed by atoms with E-state index < -0.39 is 5.41 Å². The summed E-state index contributed by atoms with van der Waals surface area (Å²) in [4.78, 5) is 25.9. The highest BCUT2D eigenvalue weighted by molar-refractivity contribution is 5.90. The molecule has 0 atom stereocenters. The van der Waals surface area contributed by atoms with E-state index >= 15 is 0 Å². The molecule has 0 saturated carbocycles. The average Bonchev–Trinajstić information content (AvgIpc) is 2.70. The molecule has 0 spiro atoms. The molecule has 0 bridgehead atoms. The van der Waals surface area contributed by atoms with Crippen LogP contribution >= 0.6 is 0 Å². The van der Waals surface area contributed by atoms with Crippen LogP contribution < -0.4 is 17.3 Å². The summed E-state index contributed by atoms with van der Waals surface area (Å²) >= 11 is 0. The molecular formula is C21H29ClN4O. The fraction of sp³-hybridized carbons (Fsp3) is 0.476. The van der Waals surface area contributed by atoms with Crippen LogP contribution in [0.3, 0.4) is 0 Å². The van der Waals surface area contributed by atoms with E-state index in [1.165, 1.54) is 32.4 Å². The van der Waals surface area contributed by atoms with Crippen LogP contribution in [-0.4, -0.2) is 54.5 Å². The van der Waals surface area contributed by atoms with Crippen LogP contribution in [0.1, 0.15) is 37.1 Å². The number of piperidine rings is 1. The van der Waals surface area contributed by atoms with E-state index in [-0.39, 0.29) is 18.3 Å². The number of carbonyl (C=O) groups excluding carboxylic acids is 1. The van der Waals surface area contributed by atoms with Crippen molar-refractivity contribution in [2.24, 2.45) is 0 Å². The first-order valence-corrected chi connectivity index (χ1v) is 9.53. The number of likely N-dealkylation sites (N-methyl/N-ethyl adjacent to an activating group) is 1. The molecule has 1 aliphatic rings. The van der Waals surface area contributed by atoms with Gasteiger partial charge in [0.05, 0.1) is 31.0 Å². The van der Waals surface area contributed by atoms with Gasteiger partial charge in [-0.15, -0.1) is 0 Å². The molecule has 1 fully saturated rings. The van der Waals surface area contributed by atoms with Gasteiger partial charge in [-0.2, -0.15) is 0 Å². The number of nitrogens with zero attached hydrogens (tertiary/aromatic N) is 3. The zero-order valence-electron chi connectivity index (χ0n) is 16.2.